The molecule has 0 saturated heterocycles. The number of nitrogens with zero attached hydrogens (tertiary/aromatic N) is 2. The summed E-state index contributed by atoms with van der Waals surface area (Å²) in [5.74, 6) is -2.77. The van der Waals surface area contributed by atoms with Gasteiger partial charge in [0.05, 0.1) is 18.1 Å². The van der Waals surface area contributed by atoms with Gasteiger partial charge >= 0.3 is 0 Å². The average Bonchev–Trinajstić information content (AvgIpc) is 2.09. The largest absolute Gasteiger partial charge is 0.268 e. The molecule has 0 saturated carbocycles. The quantitative estimate of drug-likeness (QED) is 0.547. The van der Waals surface area contributed by atoms with Gasteiger partial charge in [0.15, 0.2) is 0 Å². The summed E-state index contributed by atoms with van der Waals surface area (Å²) in [6.45, 7) is 0. The van der Waals surface area contributed by atoms with Crippen LogP contribution in [0.1, 0.15) is 17.6 Å². The molecule has 0 spiro atoms. The van der Waals surface area contributed by atoms with Crippen LogP contribution in [0.5, 0.6) is 0 Å². The standard InChI is InChI=1S/C8H4F4N2/c9-6(10)5-3-4(1-2-13)7(11)14-8(5)12/h3,6H,1H2. The Morgan fingerprint density at radius 3 is 2.50 bits per heavy atom. The van der Waals surface area contributed by atoms with Gasteiger partial charge in [0.2, 0.25) is 11.9 Å². The fourth-order valence-electron chi connectivity index (χ4n) is 0.892. The zero-order valence-corrected chi connectivity index (χ0v) is 6.77. The van der Waals surface area contributed by atoms with Crippen LogP contribution in [0.2, 0.25) is 0 Å². The molecule has 74 valence electrons. The highest BCUT2D eigenvalue weighted by molar-refractivity contribution is 5.23. The van der Waals surface area contributed by atoms with Gasteiger partial charge in [-0.15, -0.1) is 0 Å². The maximum atomic E-state index is 12.7. The van der Waals surface area contributed by atoms with Gasteiger partial charge in [-0.1, -0.05) is 0 Å². The number of halogens is 4. The highest BCUT2D eigenvalue weighted by Crippen LogP contribution is 2.22. The minimum atomic E-state index is -3.07. The Kier molecular flexibility index (Phi) is 3.02. The number of alkyl halides is 2. The fourth-order valence-corrected chi connectivity index (χ4v) is 0.892. The van der Waals surface area contributed by atoms with E-state index in [9.17, 15) is 17.6 Å². The molecule has 0 aliphatic heterocycles. The number of hydrogen-bond acceptors (Lipinski definition) is 2. The molecule has 0 aliphatic rings. The minimum absolute atomic E-state index is 0.329. The highest BCUT2D eigenvalue weighted by atomic mass is 19.3. The zero-order chi connectivity index (χ0) is 10.7. The van der Waals surface area contributed by atoms with Gasteiger partial charge in [0.25, 0.3) is 6.43 Å². The summed E-state index contributed by atoms with van der Waals surface area (Å²) in [5.41, 5.74) is -1.32. The molecule has 0 aromatic carbocycles. The molecule has 1 rings (SSSR count). The van der Waals surface area contributed by atoms with E-state index in [1.807, 2.05) is 0 Å². The van der Waals surface area contributed by atoms with E-state index in [1.54, 1.807) is 6.07 Å². The number of nitriles is 1. The van der Waals surface area contributed by atoms with Gasteiger partial charge in [-0.05, 0) is 6.07 Å². The second-order valence-corrected chi connectivity index (χ2v) is 2.45. The number of pyridine rings is 1. The minimum Gasteiger partial charge on any atom is -0.205 e. The first-order valence-electron chi connectivity index (χ1n) is 3.56. The molecule has 0 fully saturated rings. The van der Waals surface area contributed by atoms with E-state index in [2.05, 4.69) is 4.98 Å². The van der Waals surface area contributed by atoms with E-state index < -0.39 is 30.3 Å². The number of rotatable bonds is 2. The molecule has 14 heavy (non-hydrogen) atoms. The Hall–Kier alpha value is -1.64. The molecule has 0 unspecified atom stereocenters. The van der Waals surface area contributed by atoms with Crippen LogP contribution in [0.25, 0.3) is 0 Å². The normalized spacial score (nSPS) is 10.3. The number of hydrogen-bond donors (Lipinski definition) is 0. The van der Waals surface area contributed by atoms with E-state index in [0.717, 1.165) is 0 Å². The molecule has 0 atom stereocenters. The Labute approximate surface area is 76.8 Å². The van der Waals surface area contributed by atoms with Crippen molar-refractivity contribution in [3.8, 4) is 6.07 Å². The third-order valence-corrected chi connectivity index (χ3v) is 1.53. The average molecular weight is 204 g/mol. The molecule has 0 aliphatic carbocycles. The maximum absolute atomic E-state index is 12.7. The third-order valence-electron chi connectivity index (χ3n) is 1.53. The van der Waals surface area contributed by atoms with Crippen molar-refractivity contribution >= 4 is 0 Å². The summed E-state index contributed by atoms with van der Waals surface area (Å²) in [4.78, 5) is 2.65. The zero-order valence-electron chi connectivity index (χ0n) is 6.77. The summed E-state index contributed by atoms with van der Waals surface area (Å²) < 4.78 is 49.5. The maximum Gasteiger partial charge on any atom is 0.268 e. The molecule has 6 heteroatoms. The van der Waals surface area contributed by atoms with Gasteiger partial charge in [-0.25, -0.2) is 8.78 Å². The van der Waals surface area contributed by atoms with Crippen molar-refractivity contribution in [3.63, 3.8) is 0 Å². The molecule has 0 N–H and O–H groups in total. The van der Waals surface area contributed by atoms with Crippen LogP contribution >= 0.6 is 0 Å². The van der Waals surface area contributed by atoms with Crippen molar-refractivity contribution in [2.75, 3.05) is 0 Å². The van der Waals surface area contributed by atoms with Gasteiger partial charge in [0.1, 0.15) is 0 Å². The van der Waals surface area contributed by atoms with Crippen LogP contribution in [0.4, 0.5) is 17.6 Å². The van der Waals surface area contributed by atoms with Crippen LogP contribution in [-0.2, 0) is 6.42 Å². The summed E-state index contributed by atoms with van der Waals surface area (Å²) in [7, 11) is 0. The lowest BCUT2D eigenvalue weighted by molar-refractivity contribution is 0.144. The van der Waals surface area contributed by atoms with Crippen molar-refractivity contribution in [1.82, 2.24) is 4.98 Å². The summed E-state index contributed by atoms with van der Waals surface area (Å²) in [5, 5.41) is 8.22. The van der Waals surface area contributed by atoms with Crippen molar-refractivity contribution in [3.05, 3.63) is 29.1 Å². The van der Waals surface area contributed by atoms with Crippen LogP contribution in [0.3, 0.4) is 0 Å². The third kappa shape index (κ3) is 1.99. The summed E-state index contributed by atoms with van der Waals surface area (Å²) in [6.07, 6.45) is -3.49. The second kappa shape index (κ2) is 4.05. The fraction of sp³-hybridized carbons (Fsp3) is 0.250. The van der Waals surface area contributed by atoms with E-state index in [4.69, 9.17) is 5.26 Å². The first-order valence-corrected chi connectivity index (χ1v) is 3.56. The molecule has 0 bridgehead atoms. The molecule has 0 amide bonds. The molecule has 0 radical (unpaired) electrons. The van der Waals surface area contributed by atoms with Crippen molar-refractivity contribution < 1.29 is 17.6 Å². The molecule has 1 aromatic heterocycles. The molecule has 2 nitrogen and oxygen atoms in total. The van der Waals surface area contributed by atoms with Gasteiger partial charge in [0, 0.05) is 5.56 Å². The van der Waals surface area contributed by atoms with E-state index in [0.29, 0.717) is 6.07 Å². The van der Waals surface area contributed by atoms with Crippen LogP contribution in [-0.4, -0.2) is 4.98 Å². The lowest BCUT2D eigenvalue weighted by Crippen LogP contribution is -2.02. The molecule has 1 aromatic rings. The second-order valence-electron chi connectivity index (χ2n) is 2.45. The van der Waals surface area contributed by atoms with Crippen LogP contribution in [0.15, 0.2) is 6.07 Å². The summed E-state index contributed by atoms with van der Waals surface area (Å²) in [6, 6.07) is 2.18. The van der Waals surface area contributed by atoms with Crippen LogP contribution < -0.4 is 0 Å². The van der Waals surface area contributed by atoms with E-state index >= 15 is 0 Å². The Morgan fingerprint density at radius 1 is 1.36 bits per heavy atom. The lowest BCUT2D eigenvalue weighted by atomic mass is 10.1. The van der Waals surface area contributed by atoms with Crippen molar-refractivity contribution in [1.29, 1.82) is 5.26 Å². The smallest absolute Gasteiger partial charge is 0.205 e. The van der Waals surface area contributed by atoms with E-state index in [1.165, 1.54) is 0 Å². The molecular weight excluding hydrogens is 200 g/mol. The first-order chi connectivity index (χ1) is 6.56. The lowest BCUT2D eigenvalue weighted by Gasteiger charge is -2.03. The van der Waals surface area contributed by atoms with Gasteiger partial charge < -0.3 is 0 Å². The first kappa shape index (κ1) is 10.4. The van der Waals surface area contributed by atoms with E-state index in [-0.39, 0.29) is 5.56 Å². The SMILES string of the molecule is N#CCc1cc(C(F)F)c(F)nc1F. The monoisotopic (exact) mass is 204 g/mol. The van der Waals surface area contributed by atoms with Gasteiger partial charge in [-0.2, -0.15) is 19.0 Å². The van der Waals surface area contributed by atoms with Crippen molar-refractivity contribution in [2.45, 2.75) is 12.8 Å². The summed E-state index contributed by atoms with van der Waals surface area (Å²) >= 11 is 0. The molecule has 1 heterocycles. The highest BCUT2D eigenvalue weighted by Gasteiger charge is 2.18. The topological polar surface area (TPSA) is 36.7 Å². The number of aromatic nitrogens is 1. The van der Waals surface area contributed by atoms with Gasteiger partial charge in [-0.3, -0.25) is 0 Å². The predicted molar refractivity (Wildman–Crippen MR) is 38.4 cm³/mol. The Morgan fingerprint density at radius 2 is 2.00 bits per heavy atom. The Bertz CT molecular complexity index is 384. The Balaban J connectivity index is 3.21. The predicted octanol–water partition coefficient (Wildman–Crippen LogP) is 2.36. The molecular formula is C8H4F4N2. The van der Waals surface area contributed by atoms with Crippen LogP contribution in [0, 0.1) is 23.2 Å². The van der Waals surface area contributed by atoms with Crippen molar-refractivity contribution in [2.24, 2.45) is 0 Å².